The molecule has 2 aromatic carbocycles. The molecule has 2 rings (SSSR count). The molecule has 4 nitrogen and oxygen atoms in total. The number of benzene rings is 2. The van der Waals surface area contributed by atoms with Crippen LogP contribution in [0, 0.1) is 0 Å². The molecule has 138 valence electrons. The number of nitrogens with one attached hydrogen (secondary N) is 1. The number of hydrogen-bond acceptors (Lipinski definition) is 2. The summed E-state index contributed by atoms with van der Waals surface area (Å²) in [6, 6.07) is 19.3. The fourth-order valence-corrected chi connectivity index (χ4v) is 3.00. The van der Waals surface area contributed by atoms with Gasteiger partial charge < -0.3 is 5.32 Å². The molecule has 0 amide bonds. The Bertz CT molecular complexity index is 695. The molecule has 26 heavy (non-hydrogen) atoms. The molecule has 1 N–H and O–H groups in total. The standard InChI is InChI=1S/C22H30N4/c1-22(2,3)20-14-12-19(13-15-20)21(17-25-26-23)24-16-8-7-11-18-9-5-4-6-10-18/h4-6,9-10,12-15,21,24H,7-8,11,16-17H2,1-3H3. The summed E-state index contributed by atoms with van der Waals surface area (Å²) in [6.45, 7) is 7.99. The SMILES string of the molecule is CC(C)(C)c1ccc(C(CN=[N+]=[N-])NCCCCc2ccccc2)cc1. The Hall–Kier alpha value is -2.29. The van der Waals surface area contributed by atoms with Gasteiger partial charge in [-0.2, -0.15) is 0 Å². The molecule has 4 heteroatoms. The van der Waals surface area contributed by atoms with E-state index in [-0.39, 0.29) is 11.5 Å². The average molecular weight is 351 g/mol. The van der Waals surface area contributed by atoms with E-state index in [9.17, 15) is 0 Å². The Labute approximate surface area is 157 Å². The highest BCUT2D eigenvalue weighted by Gasteiger charge is 2.15. The molecule has 0 aliphatic rings. The van der Waals surface area contributed by atoms with Crippen molar-refractivity contribution in [2.24, 2.45) is 5.11 Å². The Morgan fingerprint density at radius 1 is 1.00 bits per heavy atom. The van der Waals surface area contributed by atoms with Crippen molar-refractivity contribution < 1.29 is 0 Å². The monoisotopic (exact) mass is 350 g/mol. The molecule has 0 aliphatic carbocycles. The Kier molecular flexibility index (Phi) is 7.71. The summed E-state index contributed by atoms with van der Waals surface area (Å²) in [7, 11) is 0. The highest BCUT2D eigenvalue weighted by molar-refractivity contribution is 5.29. The van der Waals surface area contributed by atoms with Crippen molar-refractivity contribution >= 4 is 0 Å². The second kappa shape index (κ2) is 10.0. The summed E-state index contributed by atoms with van der Waals surface area (Å²) in [5, 5.41) is 7.33. The molecule has 0 aliphatic heterocycles. The molecule has 0 saturated carbocycles. The highest BCUT2D eigenvalue weighted by Crippen LogP contribution is 2.24. The first-order valence-electron chi connectivity index (χ1n) is 9.39. The lowest BCUT2D eigenvalue weighted by Gasteiger charge is -2.21. The summed E-state index contributed by atoms with van der Waals surface area (Å²) in [5.41, 5.74) is 12.7. The van der Waals surface area contributed by atoms with E-state index in [0.29, 0.717) is 6.54 Å². The average Bonchev–Trinajstić information content (AvgIpc) is 2.64. The van der Waals surface area contributed by atoms with Crippen LogP contribution in [0.15, 0.2) is 59.7 Å². The van der Waals surface area contributed by atoms with Crippen LogP contribution in [0.5, 0.6) is 0 Å². The van der Waals surface area contributed by atoms with E-state index in [1.165, 1.54) is 16.7 Å². The van der Waals surface area contributed by atoms with Crippen LogP contribution in [0.1, 0.15) is 56.3 Å². The van der Waals surface area contributed by atoms with Gasteiger partial charge in [-0.1, -0.05) is 80.5 Å². The number of hydrogen-bond donors (Lipinski definition) is 1. The Morgan fingerprint density at radius 2 is 1.69 bits per heavy atom. The van der Waals surface area contributed by atoms with Gasteiger partial charge in [0, 0.05) is 17.5 Å². The van der Waals surface area contributed by atoms with Crippen LogP contribution in [0.3, 0.4) is 0 Å². The minimum absolute atomic E-state index is 0.0663. The van der Waals surface area contributed by atoms with E-state index < -0.39 is 0 Å². The highest BCUT2D eigenvalue weighted by atomic mass is 15.1. The lowest BCUT2D eigenvalue weighted by Crippen LogP contribution is -2.25. The molecule has 0 saturated heterocycles. The van der Waals surface area contributed by atoms with Crippen molar-refractivity contribution in [3.8, 4) is 0 Å². The van der Waals surface area contributed by atoms with Crippen molar-refractivity contribution in [3.05, 3.63) is 81.7 Å². The van der Waals surface area contributed by atoms with Gasteiger partial charge in [0.2, 0.25) is 0 Å². The van der Waals surface area contributed by atoms with Gasteiger partial charge in [0.25, 0.3) is 0 Å². The van der Waals surface area contributed by atoms with Crippen LogP contribution in [-0.4, -0.2) is 13.1 Å². The van der Waals surface area contributed by atoms with Gasteiger partial charge >= 0.3 is 0 Å². The van der Waals surface area contributed by atoms with Gasteiger partial charge in [-0.3, -0.25) is 0 Å². The van der Waals surface area contributed by atoms with E-state index >= 15 is 0 Å². The molecule has 0 heterocycles. The van der Waals surface area contributed by atoms with Gasteiger partial charge in [0.1, 0.15) is 0 Å². The third-order valence-electron chi connectivity index (χ3n) is 4.63. The van der Waals surface area contributed by atoms with Gasteiger partial charge in [-0.25, -0.2) is 0 Å². The van der Waals surface area contributed by atoms with E-state index in [1.54, 1.807) is 0 Å². The Balaban J connectivity index is 1.87. The normalized spacial score (nSPS) is 12.4. The molecule has 1 unspecified atom stereocenters. The quantitative estimate of drug-likeness (QED) is 0.258. The predicted octanol–water partition coefficient (Wildman–Crippen LogP) is 5.95. The van der Waals surface area contributed by atoms with Crippen molar-refractivity contribution in [2.45, 2.75) is 51.5 Å². The fraction of sp³-hybridized carbons (Fsp3) is 0.455. The molecular formula is C22H30N4. The van der Waals surface area contributed by atoms with Crippen molar-refractivity contribution in [1.82, 2.24) is 5.32 Å². The summed E-state index contributed by atoms with van der Waals surface area (Å²) < 4.78 is 0. The number of azide groups is 1. The topological polar surface area (TPSA) is 60.8 Å². The van der Waals surface area contributed by atoms with E-state index in [0.717, 1.165) is 25.8 Å². The lowest BCUT2D eigenvalue weighted by atomic mass is 9.86. The first kappa shape index (κ1) is 20.0. The predicted molar refractivity (Wildman–Crippen MR) is 109 cm³/mol. The molecule has 0 radical (unpaired) electrons. The first-order chi connectivity index (χ1) is 12.5. The third-order valence-corrected chi connectivity index (χ3v) is 4.63. The second-order valence-electron chi connectivity index (χ2n) is 7.73. The molecule has 0 bridgehead atoms. The maximum Gasteiger partial charge on any atom is 0.0453 e. The van der Waals surface area contributed by atoms with Gasteiger partial charge in [-0.15, -0.1) is 0 Å². The van der Waals surface area contributed by atoms with Crippen LogP contribution >= 0.6 is 0 Å². The van der Waals surface area contributed by atoms with Gasteiger partial charge in [0.05, 0.1) is 0 Å². The van der Waals surface area contributed by atoms with Crippen LogP contribution in [0.4, 0.5) is 0 Å². The van der Waals surface area contributed by atoms with Crippen LogP contribution in [0.25, 0.3) is 10.4 Å². The van der Waals surface area contributed by atoms with Gasteiger partial charge in [0.15, 0.2) is 0 Å². The van der Waals surface area contributed by atoms with Crippen molar-refractivity contribution in [1.29, 1.82) is 0 Å². The minimum atomic E-state index is 0.0663. The zero-order valence-electron chi connectivity index (χ0n) is 16.2. The number of nitrogens with zero attached hydrogens (tertiary/aromatic N) is 3. The zero-order valence-corrected chi connectivity index (χ0v) is 16.2. The summed E-state index contributed by atoms with van der Waals surface area (Å²) in [5.74, 6) is 0. The largest absolute Gasteiger partial charge is 0.310 e. The van der Waals surface area contributed by atoms with E-state index in [4.69, 9.17) is 5.53 Å². The molecule has 0 fully saturated rings. The molecule has 0 spiro atoms. The zero-order chi connectivity index (χ0) is 18.8. The molecule has 0 aromatic heterocycles. The molecule has 2 aromatic rings. The van der Waals surface area contributed by atoms with Gasteiger partial charge in [-0.05, 0) is 53.4 Å². The van der Waals surface area contributed by atoms with Crippen molar-refractivity contribution in [2.75, 3.05) is 13.1 Å². The second-order valence-corrected chi connectivity index (χ2v) is 7.73. The molecule has 1 atom stereocenters. The van der Waals surface area contributed by atoms with E-state index in [2.05, 4.69) is 90.7 Å². The Morgan fingerprint density at radius 3 is 2.31 bits per heavy atom. The summed E-state index contributed by atoms with van der Waals surface area (Å²) in [6.07, 6.45) is 3.35. The minimum Gasteiger partial charge on any atom is -0.310 e. The molecular weight excluding hydrogens is 320 g/mol. The number of rotatable bonds is 9. The maximum absolute atomic E-state index is 8.68. The third kappa shape index (κ3) is 6.55. The van der Waals surface area contributed by atoms with Crippen molar-refractivity contribution in [3.63, 3.8) is 0 Å². The van der Waals surface area contributed by atoms with Crippen LogP contribution in [0.2, 0.25) is 0 Å². The number of aryl methyl sites for hydroxylation is 1. The summed E-state index contributed by atoms with van der Waals surface area (Å²) >= 11 is 0. The smallest absolute Gasteiger partial charge is 0.0453 e. The van der Waals surface area contributed by atoms with Crippen LogP contribution in [-0.2, 0) is 11.8 Å². The maximum atomic E-state index is 8.68. The lowest BCUT2D eigenvalue weighted by molar-refractivity contribution is 0.520. The number of unbranched alkanes of at least 4 members (excludes halogenated alkanes) is 1. The first-order valence-corrected chi connectivity index (χ1v) is 9.39. The van der Waals surface area contributed by atoms with Crippen LogP contribution < -0.4 is 5.32 Å². The summed E-state index contributed by atoms with van der Waals surface area (Å²) in [4.78, 5) is 2.93. The van der Waals surface area contributed by atoms with E-state index in [1.807, 2.05) is 0 Å². The fourth-order valence-electron chi connectivity index (χ4n) is 3.00.